The zero-order valence-corrected chi connectivity index (χ0v) is 5.93. The quantitative estimate of drug-likeness (QED) is 0.477. The lowest BCUT2D eigenvalue weighted by Gasteiger charge is -1.93. The maximum absolute atomic E-state index is 9.96. The lowest BCUT2D eigenvalue weighted by atomic mass is 10.2. The smallest absolute Gasteiger partial charge is 0.207 e. The highest BCUT2D eigenvalue weighted by atomic mass is 16.6. The second kappa shape index (κ2) is 3.65. The molecule has 0 aliphatic heterocycles. The van der Waals surface area contributed by atoms with E-state index in [0.29, 0.717) is 6.42 Å². The third-order valence-electron chi connectivity index (χ3n) is 1.31. The van der Waals surface area contributed by atoms with Crippen LogP contribution in [0, 0.1) is 10.1 Å². The molecule has 0 bridgehead atoms. The van der Waals surface area contributed by atoms with Gasteiger partial charge in [0.05, 0.1) is 0 Å². The van der Waals surface area contributed by atoms with Crippen LogP contribution in [0.5, 0.6) is 0 Å². The van der Waals surface area contributed by atoms with E-state index < -0.39 is 0 Å². The van der Waals surface area contributed by atoms with Crippen LogP contribution in [0.2, 0.25) is 0 Å². The van der Waals surface area contributed by atoms with E-state index in [1.807, 2.05) is 6.07 Å². The Morgan fingerprint density at radius 1 is 1.64 bits per heavy atom. The molecule has 58 valence electrons. The number of hydrogen-bond acceptors (Lipinski definition) is 3. The first-order valence-electron chi connectivity index (χ1n) is 3.30. The van der Waals surface area contributed by atoms with Crippen LogP contribution >= 0.6 is 0 Å². The lowest BCUT2D eigenvalue weighted by molar-refractivity contribution is -0.479. The molecule has 1 aromatic rings. The van der Waals surface area contributed by atoms with Gasteiger partial charge in [-0.1, -0.05) is 6.07 Å². The van der Waals surface area contributed by atoms with E-state index >= 15 is 0 Å². The van der Waals surface area contributed by atoms with Crippen LogP contribution in [0.1, 0.15) is 5.56 Å². The van der Waals surface area contributed by atoms with E-state index in [0.717, 1.165) is 5.56 Å². The summed E-state index contributed by atoms with van der Waals surface area (Å²) < 4.78 is 0. The van der Waals surface area contributed by atoms with Crippen LogP contribution in [-0.4, -0.2) is 16.5 Å². The van der Waals surface area contributed by atoms with Crippen LogP contribution in [-0.2, 0) is 6.42 Å². The lowest BCUT2D eigenvalue weighted by Crippen LogP contribution is -2.03. The molecule has 0 aliphatic rings. The average molecular weight is 152 g/mol. The number of hydrogen-bond donors (Lipinski definition) is 0. The molecule has 0 aliphatic carbocycles. The number of aromatic nitrogens is 1. The molecule has 0 amide bonds. The number of rotatable bonds is 3. The van der Waals surface area contributed by atoms with Gasteiger partial charge in [0.15, 0.2) is 0 Å². The van der Waals surface area contributed by atoms with Gasteiger partial charge in [-0.25, -0.2) is 0 Å². The van der Waals surface area contributed by atoms with Crippen molar-refractivity contribution in [1.29, 1.82) is 0 Å². The Morgan fingerprint density at radius 3 is 3.00 bits per heavy atom. The topological polar surface area (TPSA) is 56.0 Å². The van der Waals surface area contributed by atoms with Gasteiger partial charge >= 0.3 is 0 Å². The van der Waals surface area contributed by atoms with Gasteiger partial charge in [-0.2, -0.15) is 0 Å². The minimum atomic E-state index is -0.326. The summed E-state index contributed by atoms with van der Waals surface area (Å²) in [4.78, 5) is 13.5. The van der Waals surface area contributed by atoms with Gasteiger partial charge < -0.3 is 0 Å². The molecule has 1 rings (SSSR count). The van der Waals surface area contributed by atoms with Gasteiger partial charge in [0.1, 0.15) is 0 Å². The van der Waals surface area contributed by atoms with Crippen molar-refractivity contribution >= 4 is 0 Å². The maximum atomic E-state index is 9.96. The first-order chi connectivity index (χ1) is 5.29. The van der Waals surface area contributed by atoms with Crippen LogP contribution < -0.4 is 0 Å². The molecule has 4 nitrogen and oxygen atoms in total. The predicted octanol–water partition coefficient (Wildman–Crippen LogP) is 0.901. The fourth-order valence-corrected chi connectivity index (χ4v) is 0.766. The highest BCUT2D eigenvalue weighted by Gasteiger charge is 1.97. The standard InChI is InChI=1S/C7H8N2O2/c10-9(11)5-3-7-2-1-4-8-6-7/h1-2,4,6H,3,5H2. The molecule has 0 radical (unpaired) electrons. The molecule has 0 N–H and O–H groups in total. The SMILES string of the molecule is O=[N+]([O-])CCc1cccnc1. The number of pyridine rings is 1. The molecule has 1 heterocycles. The van der Waals surface area contributed by atoms with E-state index in [4.69, 9.17) is 0 Å². The van der Waals surface area contributed by atoms with E-state index in [2.05, 4.69) is 4.98 Å². The van der Waals surface area contributed by atoms with E-state index in [9.17, 15) is 10.1 Å². The predicted molar refractivity (Wildman–Crippen MR) is 39.8 cm³/mol. The van der Waals surface area contributed by atoms with E-state index in [1.54, 1.807) is 18.5 Å². The minimum absolute atomic E-state index is 0.0221. The molecule has 0 fully saturated rings. The van der Waals surface area contributed by atoms with Gasteiger partial charge in [-0.05, 0) is 11.6 Å². The summed E-state index contributed by atoms with van der Waals surface area (Å²) in [5.41, 5.74) is 0.907. The Bertz CT molecular complexity index is 235. The molecule has 4 heteroatoms. The van der Waals surface area contributed by atoms with Crippen molar-refractivity contribution in [2.45, 2.75) is 6.42 Å². The Hall–Kier alpha value is -1.45. The molecular weight excluding hydrogens is 144 g/mol. The highest BCUT2D eigenvalue weighted by molar-refractivity contribution is 5.08. The zero-order valence-electron chi connectivity index (χ0n) is 5.93. The summed E-state index contributed by atoms with van der Waals surface area (Å²) in [5, 5.41) is 9.96. The van der Waals surface area contributed by atoms with E-state index in [-0.39, 0.29) is 11.5 Å². The van der Waals surface area contributed by atoms with Gasteiger partial charge in [0.25, 0.3) is 0 Å². The molecule has 0 saturated carbocycles. The monoisotopic (exact) mass is 152 g/mol. The summed E-state index contributed by atoms with van der Waals surface area (Å²) in [5.74, 6) is 0. The molecule has 0 saturated heterocycles. The Labute approximate surface area is 64.0 Å². The molecule has 0 atom stereocenters. The maximum Gasteiger partial charge on any atom is 0.207 e. The summed E-state index contributed by atoms with van der Waals surface area (Å²) in [6.45, 7) is -0.0221. The van der Waals surface area contributed by atoms with Gasteiger partial charge in [0.2, 0.25) is 6.54 Å². The second-order valence-electron chi connectivity index (χ2n) is 2.17. The summed E-state index contributed by atoms with van der Waals surface area (Å²) in [6, 6.07) is 3.60. The summed E-state index contributed by atoms with van der Waals surface area (Å²) in [7, 11) is 0. The van der Waals surface area contributed by atoms with Gasteiger partial charge in [-0.15, -0.1) is 0 Å². The van der Waals surface area contributed by atoms with Crippen molar-refractivity contribution in [2.75, 3.05) is 6.54 Å². The first kappa shape index (κ1) is 7.65. The normalized spacial score (nSPS) is 9.45. The van der Waals surface area contributed by atoms with Crippen molar-refractivity contribution < 1.29 is 4.92 Å². The Morgan fingerprint density at radius 2 is 2.45 bits per heavy atom. The first-order valence-corrected chi connectivity index (χ1v) is 3.30. The van der Waals surface area contributed by atoms with Crippen LogP contribution in [0.4, 0.5) is 0 Å². The van der Waals surface area contributed by atoms with Gasteiger partial charge in [-0.3, -0.25) is 15.1 Å². The van der Waals surface area contributed by atoms with Crippen molar-refractivity contribution in [3.8, 4) is 0 Å². The summed E-state index contributed by atoms with van der Waals surface area (Å²) >= 11 is 0. The fourth-order valence-electron chi connectivity index (χ4n) is 0.766. The highest BCUT2D eigenvalue weighted by Crippen LogP contribution is 1.95. The van der Waals surface area contributed by atoms with Crippen molar-refractivity contribution in [2.24, 2.45) is 0 Å². The zero-order chi connectivity index (χ0) is 8.10. The summed E-state index contributed by atoms with van der Waals surface area (Å²) in [6.07, 6.45) is 3.75. The minimum Gasteiger partial charge on any atom is -0.265 e. The molecule has 0 unspecified atom stereocenters. The van der Waals surface area contributed by atoms with Crippen molar-refractivity contribution in [3.63, 3.8) is 0 Å². The third-order valence-corrected chi connectivity index (χ3v) is 1.31. The van der Waals surface area contributed by atoms with Gasteiger partial charge in [0, 0.05) is 23.7 Å². The van der Waals surface area contributed by atoms with Crippen LogP contribution in [0.25, 0.3) is 0 Å². The van der Waals surface area contributed by atoms with Crippen LogP contribution in [0.3, 0.4) is 0 Å². The van der Waals surface area contributed by atoms with Crippen LogP contribution in [0.15, 0.2) is 24.5 Å². The Kier molecular flexibility index (Phi) is 2.54. The molecular formula is C7H8N2O2. The van der Waals surface area contributed by atoms with E-state index in [1.165, 1.54) is 0 Å². The third kappa shape index (κ3) is 2.75. The number of nitrogens with zero attached hydrogens (tertiary/aromatic N) is 2. The molecule has 1 aromatic heterocycles. The fraction of sp³-hybridized carbons (Fsp3) is 0.286. The average Bonchev–Trinajstić information content (AvgIpc) is 2.03. The second-order valence-corrected chi connectivity index (χ2v) is 2.17. The molecule has 11 heavy (non-hydrogen) atoms. The van der Waals surface area contributed by atoms with Crippen molar-refractivity contribution in [3.05, 3.63) is 40.2 Å². The number of nitro groups is 1. The Balaban J connectivity index is 2.45. The molecule has 0 spiro atoms. The van der Waals surface area contributed by atoms with Crippen molar-refractivity contribution in [1.82, 2.24) is 4.98 Å². The molecule has 0 aromatic carbocycles. The largest absolute Gasteiger partial charge is 0.265 e.